The normalized spacial score (nSPS) is 21.6. The fourth-order valence-corrected chi connectivity index (χ4v) is 4.93. The second-order valence-electron chi connectivity index (χ2n) is 7.57. The third-order valence-corrected chi connectivity index (χ3v) is 6.53. The summed E-state index contributed by atoms with van der Waals surface area (Å²) in [5, 5.41) is 10.2. The third-order valence-electron chi connectivity index (χ3n) is 5.36. The highest BCUT2D eigenvalue weighted by molar-refractivity contribution is 7.21. The number of nitrogens with zero attached hydrogens (tertiary/aromatic N) is 1. The second-order valence-corrected chi connectivity index (χ2v) is 8.63. The predicted molar refractivity (Wildman–Crippen MR) is 115 cm³/mol. The molecule has 0 saturated carbocycles. The van der Waals surface area contributed by atoms with Crippen molar-refractivity contribution in [2.75, 3.05) is 25.0 Å². The molecule has 152 valence electrons. The number of likely N-dealkylation sites (tertiary alicyclic amines) is 1. The van der Waals surface area contributed by atoms with E-state index in [9.17, 15) is 14.4 Å². The molecule has 0 aliphatic carbocycles. The third kappa shape index (κ3) is 3.85. The molecule has 2 aliphatic rings. The molecule has 0 spiro atoms. The van der Waals surface area contributed by atoms with Gasteiger partial charge in [0.1, 0.15) is 4.88 Å². The molecule has 0 bridgehead atoms. The predicted octanol–water partition coefficient (Wildman–Crippen LogP) is 2.35. The van der Waals surface area contributed by atoms with E-state index in [-0.39, 0.29) is 29.8 Å². The summed E-state index contributed by atoms with van der Waals surface area (Å²) in [5.74, 6) is -0.361. The molecule has 2 aliphatic heterocycles. The molecular formula is C21H24N4O3S. The Morgan fingerprint density at radius 2 is 2.21 bits per heavy atom. The molecule has 0 radical (unpaired) electrons. The molecule has 2 aromatic rings. The number of piperidine rings is 1. The van der Waals surface area contributed by atoms with Crippen molar-refractivity contribution in [1.29, 1.82) is 0 Å². The summed E-state index contributed by atoms with van der Waals surface area (Å²) in [5.41, 5.74) is 1.34. The average molecular weight is 413 g/mol. The van der Waals surface area contributed by atoms with Crippen LogP contribution in [0.5, 0.6) is 0 Å². The number of benzene rings is 1. The Balaban J connectivity index is 1.55. The lowest BCUT2D eigenvalue weighted by Crippen LogP contribution is -2.49. The van der Waals surface area contributed by atoms with Crippen LogP contribution in [-0.2, 0) is 4.79 Å². The van der Waals surface area contributed by atoms with Crippen molar-refractivity contribution in [2.24, 2.45) is 0 Å². The summed E-state index contributed by atoms with van der Waals surface area (Å²) in [7, 11) is 0. The molecule has 7 nitrogen and oxygen atoms in total. The molecule has 1 aromatic carbocycles. The van der Waals surface area contributed by atoms with Gasteiger partial charge in [0.15, 0.2) is 0 Å². The SMILES string of the molecule is C=CC(=O)N1CCC[C@H](NC(=O)c2ccc3sc4c(c3c2)NC[C@@H](C)NC4=O)C1. The van der Waals surface area contributed by atoms with Crippen molar-refractivity contribution >= 4 is 44.8 Å². The number of fused-ring (bicyclic) bond motifs is 3. The lowest BCUT2D eigenvalue weighted by Gasteiger charge is -2.32. The van der Waals surface area contributed by atoms with Crippen LogP contribution in [0.4, 0.5) is 5.69 Å². The lowest BCUT2D eigenvalue weighted by molar-refractivity contribution is -0.127. The van der Waals surface area contributed by atoms with E-state index >= 15 is 0 Å². The summed E-state index contributed by atoms with van der Waals surface area (Å²) in [4.78, 5) is 39.5. The maximum atomic E-state index is 12.8. The van der Waals surface area contributed by atoms with Crippen LogP contribution in [0.3, 0.4) is 0 Å². The first-order valence-electron chi connectivity index (χ1n) is 9.79. The number of thiophene rings is 1. The molecule has 1 aromatic heterocycles. The number of hydrogen-bond acceptors (Lipinski definition) is 5. The van der Waals surface area contributed by atoms with Gasteiger partial charge in [0.2, 0.25) is 5.91 Å². The fraction of sp³-hybridized carbons (Fsp3) is 0.381. The summed E-state index contributed by atoms with van der Waals surface area (Å²) in [6.45, 7) is 7.30. The van der Waals surface area contributed by atoms with Crippen LogP contribution >= 0.6 is 11.3 Å². The summed E-state index contributed by atoms with van der Waals surface area (Å²) in [6, 6.07) is 5.46. The van der Waals surface area contributed by atoms with E-state index in [4.69, 9.17) is 0 Å². The Labute approximate surface area is 173 Å². The van der Waals surface area contributed by atoms with Crippen LogP contribution in [0, 0.1) is 0 Å². The van der Waals surface area contributed by atoms with Crippen molar-refractivity contribution in [3.8, 4) is 0 Å². The first-order valence-corrected chi connectivity index (χ1v) is 10.6. The standard InChI is InChI=1S/C21H24N4O3S/c1-3-17(26)25-8-4-5-14(11-25)24-20(27)13-6-7-16-15(9-13)18-19(29-16)21(28)23-12(2)10-22-18/h3,6-7,9,12,14,22H,1,4-5,8,10-11H2,2H3,(H,23,28)(H,24,27)/t12-,14+/m1/s1. The van der Waals surface area contributed by atoms with E-state index in [1.165, 1.54) is 17.4 Å². The van der Waals surface area contributed by atoms with Crippen molar-refractivity contribution in [3.05, 3.63) is 41.3 Å². The number of nitrogens with one attached hydrogen (secondary N) is 3. The maximum Gasteiger partial charge on any atom is 0.263 e. The molecule has 0 unspecified atom stereocenters. The van der Waals surface area contributed by atoms with Crippen LogP contribution in [0.25, 0.3) is 10.1 Å². The fourth-order valence-electron chi connectivity index (χ4n) is 3.86. The van der Waals surface area contributed by atoms with Gasteiger partial charge in [0, 0.05) is 47.4 Å². The van der Waals surface area contributed by atoms with Crippen LogP contribution in [0.1, 0.15) is 39.8 Å². The van der Waals surface area contributed by atoms with E-state index in [1.807, 2.05) is 19.1 Å². The number of carbonyl (C=O) groups excluding carboxylic acids is 3. The van der Waals surface area contributed by atoms with Gasteiger partial charge in [-0.1, -0.05) is 6.58 Å². The topological polar surface area (TPSA) is 90.5 Å². The van der Waals surface area contributed by atoms with Crippen LogP contribution in [-0.4, -0.2) is 54.3 Å². The van der Waals surface area contributed by atoms with Crippen molar-refractivity contribution in [1.82, 2.24) is 15.5 Å². The zero-order chi connectivity index (χ0) is 20.5. The van der Waals surface area contributed by atoms with E-state index in [2.05, 4.69) is 22.5 Å². The minimum atomic E-state index is -0.170. The van der Waals surface area contributed by atoms with Crippen molar-refractivity contribution in [2.45, 2.75) is 31.8 Å². The van der Waals surface area contributed by atoms with Gasteiger partial charge < -0.3 is 20.9 Å². The molecule has 4 rings (SSSR count). The van der Waals surface area contributed by atoms with E-state index in [0.717, 1.165) is 28.6 Å². The quantitative estimate of drug-likeness (QED) is 0.675. The van der Waals surface area contributed by atoms with Gasteiger partial charge in [-0.25, -0.2) is 0 Å². The first-order chi connectivity index (χ1) is 14.0. The number of amides is 3. The van der Waals surface area contributed by atoms with Gasteiger partial charge in [-0.2, -0.15) is 0 Å². The van der Waals surface area contributed by atoms with Gasteiger partial charge in [-0.3, -0.25) is 14.4 Å². The summed E-state index contributed by atoms with van der Waals surface area (Å²) >= 11 is 1.43. The molecule has 2 atom stereocenters. The van der Waals surface area contributed by atoms with Gasteiger partial charge >= 0.3 is 0 Å². The Bertz CT molecular complexity index is 999. The van der Waals surface area contributed by atoms with Crippen LogP contribution < -0.4 is 16.0 Å². The zero-order valence-corrected chi connectivity index (χ0v) is 17.1. The highest BCUT2D eigenvalue weighted by Gasteiger charge is 2.26. The van der Waals surface area contributed by atoms with E-state index < -0.39 is 0 Å². The minimum Gasteiger partial charge on any atom is -0.381 e. The number of carbonyl (C=O) groups is 3. The summed E-state index contributed by atoms with van der Waals surface area (Å²) < 4.78 is 0.962. The van der Waals surface area contributed by atoms with Crippen molar-refractivity contribution < 1.29 is 14.4 Å². The van der Waals surface area contributed by atoms with E-state index in [1.54, 1.807) is 11.0 Å². The van der Waals surface area contributed by atoms with Crippen LogP contribution in [0.2, 0.25) is 0 Å². The molecule has 3 amide bonds. The molecule has 29 heavy (non-hydrogen) atoms. The zero-order valence-electron chi connectivity index (χ0n) is 16.3. The highest BCUT2D eigenvalue weighted by Crippen LogP contribution is 2.37. The molecule has 1 fully saturated rings. The van der Waals surface area contributed by atoms with Gasteiger partial charge in [0.25, 0.3) is 11.8 Å². The van der Waals surface area contributed by atoms with Crippen molar-refractivity contribution in [3.63, 3.8) is 0 Å². The smallest absolute Gasteiger partial charge is 0.263 e. The average Bonchev–Trinajstić information content (AvgIpc) is 3.02. The minimum absolute atomic E-state index is 0.0381. The largest absolute Gasteiger partial charge is 0.381 e. The Kier molecular flexibility index (Phi) is 5.27. The van der Waals surface area contributed by atoms with Gasteiger partial charge in [0.05, 0.1) is 5.69 Å². The number of anilines is 1. The van der Waals surface area contributed by atoms with Crippen LogP contribution in [0.15, 0.2) is 30.9 Å². The Hall–Kier alpha value is -2.87. The molecular weight excluding hydrogens is 388 g/mol. The second kappa shape index (κ2) is 7.87. The maximum absolute atomic E-state index is 12.8. The van der Waals surface area contributed by atoms with Gasteiger partial charge in [-0.05, 0) is 44.0 Å². The Morgan fingerprint density at radius 1 is 1.38 bits per heavy atom. The Morgan fingerprint density at radius 3 is 3.00 bits per heavy atom. The lowest BCUT2D eigenvalue weighted by atomic mass is 10.0. The molecule has 3 N–H and O–H groups in total. The monoisotopic (exact) mass is 412 g/mol. The molecule has 8 heteroatoms. The van der Waals surface area contributed by atoms with Gasteiger partial charge in [-0.15, -0.1) is 11.3 Å². The van der Waals surface area contributed by atoms with E-state index in [0.29, 0.717) is 30.1 Å². The molecule has 1 saturated heterocycles. The number of rotatable bonds is 3. The highest BCUT2D eigenvalue weighted by atomic mass is 32.1. The molecule has 3 heterocycles. The number of hydrogen-bond donors (Lipinski definition) is 3. The first kappa shape index (κ1) is 19.4. The summed E-state index contributed by atoms with van der Waals surface area (Å²) in [6.07, 6.45) is 2.99.